The Kier molecular flexibility index (Phi) is 3.64. The van der Waals surface area contributed by atoms with Crippen LogP contribution in [0, 0.1) is 11.8 Å². The van der Waals surface area contributed by atoms with Crippen molar-refractivity contribution in [2.45, 2.75) is 32.1 Å². The van der Waals surface area contributed by atoms with E-state index in [0.29, 0.717) is 6.54 Å². The van der Waals surface area contributed by atoms with E-state index in [1.54, 1.807) is 0 Å². The second kappa shape index (κ2) is 4.80. The minimum absolute atomic E-state index is 0.0282. The number of carbonyl (C=O) groups is 2. The van der Waals surface area contributed by atoms with Crippen LogP contribution in [-0.4, -0.2) is 27.7 Å². The van der Waals surface area contributed by atoms with Gasteiger partial charge in [-0.05, 0) is 19.3 Å². The van der Waals surface area contributed by atoms with Crippen molar-refractivity contribution >= 4 is 34.4 Å². The van der Waals surface area contributed by atoms with Crippen molar-refractivity contribution in [1.82, 2.24) is 4.90 Å². The van der Waals surface area contributed by atoms with E-state index in [1.165, 1.54) is 4.90 Å². The molecule has 0 bridgehead atoms. The zero-order valence-corrected chi connectivity index (χ0v) is 10.9. The number of alkyl halides is 1. The lowest BCUT2D eigenvalue weighted by atomic mass is 9.81. The molecule has 1 saturated heterocycles. The zero-order valence-electron chi connectivity index (χ0n) is 8.75. The fourth-order valence-corrected chi connectivity index (χ4v) is 3.01. The Morgan fingerprint density at radius 1 is 1.13 bits per heavy atom. The predicted molar refractivity (Wildman–Crippen MR) is 65.7 cm³/mol. The Hall–Kier alpha value is -0.130. The summed E-state index contributed by atoms with van der Waals surface area (Å²) in [7, 11) is 0. The summed E-state index contributed by atoms with van der Waals surface area (Å²) in [5.74, 6) is 0.269. The van der Waals surface area contributed by atoms with Gasteiger partial charge >= 0.3 is 0 Å². The average molecular weight is 321 g/mol. The molecular weight excluding hydrogens is 305 g/mol. The van der Waals surface area contributed by atoms with Gasteiger partial charge in [-0.25, -0.2) is 0 Å². The van der Waals surface area contributed by atoms with E-state index in [4.69, 9.17) is 0 Å². The highest BCUT2D eigenvalue weighted by atomic mass is 127. The highest BCUT2D eigenvalue weighted by Crippen LogP contribution is 2.37. The minimum atomic E-state index is 0.0282. The van der Waals surface area contributed by atoms with Gasteiger partial charge in [0.1, 0.15) is 0 Å². The number of carbonyl (C=O) groups excluding carboxylic acids is 2. The number of nitrogens with zero attached hydrogens (tertiary/aromatic N) is 1. The quantitative estimate of drug-likeness (QED) is 0.453. The standard InChI is InChI=1S/C11H16INO2/c12-6-3-7-13-10(14)8-4-1-2-5-9(8)11(13)15/h8-9H,1-7H2. The van der Waals surface area contributed by atoms with Crippen molar-refractivity contribution in [3.05, 3.63) is 0 Å². The number of likely N-dealkylation sites (tertiary alicyclic amines) is 1. The highest BCUT2D eigenvalue weighted by molar-refractivity contribution is 14.1. The lowest BCUT2D eigenvalue weighted by Gasteiger charge is -2.19. The van der Waals surface area contributed by atoms with Crippen LogP contribution in [0.2, 0.25) is 0 Å². The van der Waals surface area contributed by atoms with E-state index in [9.17, 15) is 9.59 Å². The van der Waals surface area contributed by atoms with Crippen molar-refractivity contribution in [2.75, 3.05) is 11.0 Å². The molecule has 0 N–H and O–H groups in total. The molecule has 0 aromatic heterocycles. The molecule has 3 nitrogen and oxygen atoms in total. The molecule has 1 saturated carbocycles. The van der Waals surface area contributed by atoms with E-state index >= 15 is 0 Å². The van der Waals surface area contributed by atoms with Gasteiger partial charge < -0.3 is 0 Å². The van der Waals surface area contributed by atoms with Gasteiger partial charge in [0.25, 0.3) is 0 Å². The Bertz CT molecular complexity index is 256. The molecule has 2 fully saturated rings. The maximum Gasteiger partial charge on any atom is 0.233 e. The molecule has 0 radical (unpaired) electrons. The second-order valence-electron chi connectivity index (χ2n) is 4.37. The van der Waals surface area contributed by atoms with Crippen LogP contribution in [0.3, 0.4) is 0 Å². The lowest BCUT2D eigenvalue weighted by Crippen LogP contribution is -2.32. The van der Waals surface area contributed by atoms with Crippen molar-refractivity contribution in [3.63, 3.8) is 0 Å². The first kappa shape index (κ1) is 11.4. The van der Waals surface area contributed by atoms with E-state index < -0.39 is 0 Å². The van der Waals surface area contributed by atoms with Crippen LogP contribution in [0.15, 0.2) is 0 Å². The molecule has 1 aliphatic carbocycles. The Morgan fingerprint density at radius 2 is 1.67 bits per heavy atom. The molecule has 4 heteroatoms. The van der Waals surface area contributed by atoms with E-state index in [1.807, 2.05) is 0 Å². The Labute approximate surface area is 104 Å². The van der Waals surface area contributed by atoms with E-state index in [2.05, 4.69) is 22.6 Å². The smallest absolute Gasteiger partial charge is 0.233 e. The topological polar surface area (TPSA) is 37.4 Å². The second-order valence-corrected chi connectivity index (χ2v) is 5.45. The molecule has 84 valence electrons. The molecule has 15 heavy (non-hydrogen) atoms. The molecular formula is C11H16INO2. The zero-order chi connectivity index (χ0) is 10.8. The van der Waals surface area contributed by atoms with Crippen LogP contribution >= 0.6 is 22.6 Å². The fraction of sp³-hybridized carbons (Fsp3) is 0.818. The first-order valence-corrected chi connectivity index (χ1v) is 7.19. The highest BCUT2D eigenvalue weighted by Gasteiger charge is 2.47. The number of fused-ring (bicyclic) bond motifs is 1. The monoisotopic (exact) mass is 321 g/mol. The van der Waals surface area contributed by atoms with Crippen LogP contribution in [0.1, 0.15) is 32.1 Å². The maximum absolute atomic E-state index is 12.0. The third kappa shape index (κ3) is 2.05. The van der Waals surface area contributed by atoms with Gasteiger partial charge in [-0.2, -0.15) is 0 Å². The van der Waals surface area contributed by atoms with Gasteiger partial charge in [-0.15, -0.1) is 0 Å². The normalized spacial score (nSPS) is 30.9. The van der Waals surface area contributed by atoms with Gasteiger partial charge in [-0.3, -0.25) is 14.5 Å². The summed E-state index contributed by atoms with van der Waals surface area (Å²) in [6, 6.07) is 0. The molecule has 1 aliphatic heterocycles. The van der Waals surface area contributed by atoms with Crippen molar-refractivity contribution in [2.24, 2.45) is 11.8 Å². The number of hydrogen-bond acceptors (Lipinski definition) is 2. The molecule has 2 amide bonds. The van der Waals surface area contributed by atoms with Gasteiger partial charge in [0.2, 0.25) is 11.8 Å². The third-order valence-electron chi connectivity index (χ3n) is 3.45. The van der Waals surface area contributed by atoms with Crippen LogP contribution in [0.25, 0.3) is 0 Å². The Morgan fingerprint density at radius 3 is 2.13 bits per heavy atom. The van der Waals surface area contributed by atoms with Crippen LogP contribution < -0.4 is 0 Å². The van der Waals surface area contributed by atoms with E-state index in [0.717, 1.165) is 36.5 Å². The van der Waals surface area contributed by atoms with Gasteiger partial charge in [0.15, 0.2) is 0 Å². The predicted octanol–water partition coefficient (Wildman–Crippen LogP) is 1.99. The third-order valence-corrected chi connectivity index (χ3v) is 4.21. The lowest BCUT2D eigenvalue weighted by molar-refractivity contribution is -0.139. The first-order chi connectivity index (χ1) is 7.25. The number of hydrogen-bond donors (Lipinski definition) is 0. The number of imide groups is 1. The Balaban J connectivity index is 2.07. The maximum atomic E-state index is 12.0. The van der Waals surface area contributed by atoms with Gasteiger partial charge in [0, 0.05) is 11.0 Å². The average Bonchev–Trinajstić information content (AvgIpc) is 2.51. The summed E-state index contributed by atoms with van der Waals surface area (Å²) in [6.45, 7) is 0.633. The largest absolute Gasteiger partial charge is 0.282 e. The van der Waals surface area contributed by atoms with Crippen LogP contribution in [0.5, 0.6) is 0 Å². The van der Waals surface area contributed by atoms with Crippen molar-refractivity contribution < 1.29 is 9.59 Å². The number of amides is 2. The number of halogens is 1. The summed E-state index contributed by atoms with van der Waals surface area (Å²) in [6.07, 6.45) is 5.00. The molecule has 2 atom stereocenters. The molecule has 2 unspecified atom stereocenters. The van der Waals surface area contributed by atoms with Crippen LogP contribution in [-0.2, 0) is 9.59 Å². The summed E-state index contributed by atoms with van der Waals surface area (Å²) < 4.78 is 1.00. The summed E-state index contributed by atoms with van der Waals surface area (Å²) in [5.41, 5.74) is 0. The first-order valence-electron chi connectivity index (χ1n) is 5.67. The molecule has 0 aromatic carbocycles. The molecule has 0 spiro atoms. The van der Waals surface area contributed by atoms with Gasteiger partial charge in [-0.1, -0.05) is 35.4 Å². The minimum Gasteiger partial charge on any atom is -0.282 e. The summed E-state index contributed by atoms with van der Waals surface area (Å²) in [5, 5.41) is 0. The molecule has 2 rings (SSSR count). The molecule has 2 aliphatic rings. The molecule has 0 aromatic rings. The van der Waals surface area contributed by atoms with Crippen LogP contribution in [0.4, 0.5) is 0 Å². The van der Waals surface area contributed by atoms with Crippen molar-refractivity contribution in [1.29, 1.82) is 0 Å². The van der Waals surface area contributed by atoms with Crippen molar-refractivity contribution in [3.8, 4) is 0 Å². The fourth-order valence-electron chi connectivity index (χ4n) is 2.67. The SMILES string of the molecule is O=C1C2CCCCC2C(=O)N1CCCI. The number of rotatable bonds is 3. The van der Waals surface area contributed by atoms with E-state index in [-0.39, 0.29) is 23.7 Å². The molecule has 1 heterocycles. The van der Waals surface area contributed by atoms with Gasteiger partial charge in [0.05, 0.1) is 11.8 Å². The summed E-state index contributed by atoms with van der Waals surface area (Å²) >= 11 is 2.28. The summed E-state index contributed by atoms with van der Waals surface area (Å²) in [4.78, 5) is 25.4.